The van der Waals surface area contributed by atoms with Crippen LogP contribution in [0, 0.1) is 0 Å². The zero-order valence-corrected chi connectivity index (χ0v) is 28.9. The van der Waals surface area contributed by atoms with Gasteiger partial charge in [0.25, 0.3) is 0 Å². The molecule has 0 aliphatic heterocycles. The Hall–Kier alpha value is -7.19. The number of rotatable bonds is 6. The molecule has 264 valence electrons. The Morgan fingerprint density at radius 2 is 0.927 bits per heavy atom. The molecular formula is C47H28F3N3O2. The number of oxazole rings is 2. The Morgan fingerprint density at radius 1 is 0.455 bits per heavy atom. The van der Waals surface area contributed by atoms with Crippen molar-refractivity contribution in [2.24, 2.45) is 0 Å². The highest BCUT2D eigenvalue weighted by atomic mass is 19.4. The highest BCUT2D eigenvalue weighted by Crippen LogP contribution is 2.39. The SMILES string of the molecule is [2H]c1c(-c2ccc3cc(C(F)(F)F)ccc3c2)ccc2cc(N(c3ccc(-c4nc5ccccc5o4)cc3)c3ccc(-c4nc5ccccc5o4)cc3)ccc12. The van der Waals surface area contributed by atoms with Crippen LogP contribution in [0.25, 0.3) is 77.8 Å². The molecule has 0 saturated carbocycles. The fourth-order valence-electron chi connectivity index (χ4n) is 7.00. The molecule has 5 nitrogen and oxygen atoms in total. The number of nitrogens with zero attached hydrogens (tertiary/aromatic N) is 3. The number of halogens is 3. The van der Waals surface area contributed by atoms with Gasteiger partial charge in [0.05, 0.1) is 6.93 Å². The van der Waals surface area contributed by atoms with Gasteiger partial charge >= 0.3 is 6.18 Å². The van der Waals surface area contributed by atoms with E-state index < -0.39 is 11.7 Å². The normalized spacial score (nSPS) is 12.2. The number of hydrogen-bond acceptors (Lipinski definition) is 5. The molecule has 2 heterocycles. The van der Waals surface area contributed by atoms with Crippen molar-refractivity contribution < 1.29 is 23.4 Å². The van der Waals surface area contributed by atoms with Crippen molar-refractivity contribution >= 4 is 60.8 Å². The molecular weight excluding hydrogens is 696 g/mol. The van der Waals surface area contributed by atoms with Crippen molar-refractivity contribution in [1.29, 1.82) is 0 Å². The molecule has 0 spiro atoms. The largest absolute Gasteiger partial charge is 0.436 e. The Balaban J connectivity index is 1.03. The average Bonchev–Trinajstić information content (AvgIpc) is 3.86. The van der Waals surface area contributed by atoms with Gasteiger partial charge in [-0.2, -0.15) is 13.2 Å². The standard InChI is InChI=1S/C47H28F3N3O2/c48-47(49,50)37-19-13-33-25-31(9-11-35(33)27-37)32-10-12-36-28-40(24-18-34(36)26-32)53(38-20-14-29(15-21-38)45-51-41-5-1-3-7-43(41)54-45)39-22-16-30(17-23-39)46-52-42-6-2-4-8-44(42)55-46/h1-28H/i26D. The topological polar surface area (TPSA) is 55.3 Å². The number of anilines is 3. The molecule has 0 radical (unpaired) electrons. The van der Waals surface area contributed by atoms with Crippen LogP contribution in [0.2, 0.25) is 0 Å². The number of para-hydroxylation sites is 4. The predicted molar refractivity (Wildman–Crippen MR) is 213 cm³/mol. The molecule has 0 unspecified atom stereocenters. The average molecular weight is 725 g/mol. The fourth-order valence-corrected chi connectivity index (χ4v) is 7.00. The molecule has 8 aromatic carbocycles. The van der Waals surface area contributed by atoms with E-state index in [2.05, 4.69) is 20.9 Å². The summed E-state index contributed by atoms with van der Waals surface area (Å²) in [5.41, 5.74) is 8.14. The van der Waals surface area contributed by atoms with Gasteiger partial charge in [-0.05, 0) is 142 Å². The van der Waals surface area contributed by atoms with Crippen LogP contribution in [0.4, 0.5) is 30.2 Å². The zero-order valence-electron chi connectivity index (χ0n) is 29.9. The lowest BCUT2D eigenvalue weighted by molar-refractivity contribution is -0.137. The van der Waals surface area contributed by atoms with E-state index in [1.54, 1.807) is 12.1 Å². The van der Waals surface area contributed by atoms with Crippen LogP contribution in [-0.4, -0.2) is 9.97 Å². The highest BCUT2D eigenvalue weighted by Gasteiger charge is 2.30. The third kappa shape index (κ3) is 6.03. The summed E-state index contributed by atoms with van der Waals surface area (Å²) in [7, 11) is 0. The van der Waals surface area contributed by atoms with Gasteiger partial charge in [0, 0.05) is 28.2 Å². The monoisotopic (exact) mass is 724 g/mol. The lowest BCUT2D eigenvalue weighted by atomic mass is 9.97. The Kier molecular flexibility index (Phi) is 7.26. The maximum Gasteiger partial charge on any atom is 0.416 e. The second kappa shape index (κ2) is 12.7. The third-order valence-electron chi connectivity index (χ3n) is 9.80. The fraction of sp³-hybridized carbons (Fsp3) is 0.0213. The summed E-state index contributed by atoms with van der Waals surface area (Å²) in [4.78, 5) is 11.5. The minimum Gasteiger partial charge on any atom is -0.436 e. The van der Waals surface area contributed by atoms with Crippen molar-refractivity contribution in [2.45, 2.75) is 6.18 Å². The summed E-state index contributed by atoms with van der Waals surface area (Å²) in [6.45, 7) is 0. The molecule has 0 bridgehead atoms. The van der Waals surface area contributed by atoms with Crippen molar-refractivity contribution in [3.05, 3.63) is 175 Å². The number of fused-ring (bicyclic) bond motifs is 4. The molecule has 0 N–H and O–H groups in total. The smallest absolute Gasteiger partial charge is 0.416 e. The maximum absolute atomic E-state index is 13.3. The second-order valence-electron chi connectivity index (χ2n) is 13.3. The first kappa shape index (κ1) is 31.3. The van der Waals surface area contributed by atoms with E-state index in [9.17, 15) is 14.5 Å². The molecule has 55 heavy (non-hydrogen) atoms. The van der Waals surface area contributed by atoms with Crippen LogP contribution in [0.5, 0.6) is 0 Å². The summed E-state index contributed by atoms with van der Waals surface area (Å²) in [5.74, 6) is 1.07. The lowest BCUT2D eigenvalue weighted by Crippen LogP contribution is -2.09. The Morgan fingerprint density at radius 3 is 1.51 bits per heavy atom. The predicted octanol–water partition coefficient (Wildman–Crippen LogP) is 13.8. The van der Waals surface area contributed by atoms with Crippen LogP contribution in [0.1, 0.15) is 6.93 Å². The minimum atomic E-state index is -4.42. The molecule has 8 heteroatoms. The summed E-state index contributed by atoms with van der Waals surface area (Å²) < 4.78 is 61.3. The van der Waals surface area contributed by atoms with Crippen LogP contribution >= 0.6 is 0 Å². The van der Waals surface area contributed by atoms with Gasteiger partial charge in [0.2, 0.25) is 11.8 Å². The van der Waals surface area contributed by atoms with Gasteiger partial charge in [-0.15, -0.1) is 0 Å². The number of alkyl halides is 3. The third-order valence-corrected chi connectivity index (χ3v) is 9.80. The number of aromatic nitrogens is 2. The van der Waals surface area contributed by atoms with Gasteiger partial charge in [0.1, 0.15) is 11.0 Å². The molecule has 10 rings (SSSR count). The maximum atomic E-state index is 13.3. The van der Waals surface area contributed by atoms with Crippen LogP contribution in [0.15, 0.2) is 179 Å². The zero-order chi connectivity index (χ0) is 38.0. The number of hydrogen-bond donors (Lipinski definition) is 0. The minimum absolute atomic E-state index is 0.331. The van der Waals surface area contributed by atoms with Crippen molar-refractivity contribution in [3.8, 4) is 34.0 Å². The summed E-state index contributed by atoms with van der Waals surface area (Å²) in [6.07, 6.45) is -4.42. The quantitative estimate of drug-likeness (QED) is 0.171. The molecule has 10 aromatic rings. The van der Waals surface area contributed by atoms with Crippen LogP contribution in [-0.2, 0) is 6.18 Å². The molecule has 0 fully saturated rings. The summed E-state index contributed by atoms with van der Waals surface area (Å²) >= 11 is 0. The van der Waals surface area contributed by atoms with Crippen molar-refractivity contribution in [1.82, 2.24) is 9.97 Å². The van der Waals surface area contributed by atoms with E-state index in [-0.39, 0.29) is 0 Å². The van der Waals surface area contributed by atoms with Gasteiger partial charge < -0.3 is 13.7 Å². The summed E-state index contributed by atoms with van der Waals surface area (Å²) in [5, 5.41) is 2.77. The van der Waals surface area contributed by atoms with Crippen LogP contribution < -0.4 is 4.90 Å². The van der Waals surface area contributed by atoms with E-state index in [0.717, 1.165) is 78.9 Å². The summed E-state index contributed by atoms with van der Waals surface area (Å²) in [6, 6.07) is 50.6. The van der Waals surface area contributed by atoms with Gasteiger partial charge in [-0.3, -0.25) is 0 Å². The number of benzene rings is 8. The van der Waals surface area contributed by atoms with Gasteiger partial charge in [0.15, 0.2) is 11.2 Å². The van der Waals surface area contributed by atoms with E-state index in [1.165, 1.54) is 6.07 Å². The molecule has 0 aliphatic rings. The Labute approximate surface area is 313 Å². The molecule has 0 amide bonds. The van der Waals surface area contributed by atoms with E-state index >= 15 is 0 Å². The molecule has 0 atom stereocenters. The Bertz CT molecular complexity index is 2910. The van der Waals surface area contributed by atoms with Crippen molar-refractivity contribution in [3.63, 3.8) is 0 Å². The first-order chi connectivity index (χ1) is 27.2. The van der Waals surface area contributed by atoms with Gasteiger partial charge in [-0.25, -0.2) is 9.97 Å². The second-order valence-corrected chi connectivity index (χ2v) is 13.3. The van der Waals surface area contributed by atoms with E-state index in [4.69, 9.17) is 8.83 Å². The van der Waals surface area contributed by atoms with Gasteiger partial charge in [-0.1, -0.05) is 60.7 Å². The molecule has 0 aliphatic carbocycles. The van der Waals surface area contributed by atoms with Crippen molar-refractivity contribution in [2.75, 3.05) is 4.90 Å². The first-order valence-corrected chi connectivity index (χ1v) is 17.6. The molecule has 0 saturated heterocycles. The molecule has 2 aromatic heterocycles. The van der Waals surface area contributed by atoms with E-state index in [1.807, 2.05) is 127 Å². The lowest BCUT2D eigenvalue weighted by Gasteiger charge is -2.26. The van der Waals surface area contributed by atoms with Crippen LogP contribution in [0.3, 0.4) is 0 Å². The first-order valence-electron chi connectivity index (χ1n) is 18.1. The van der Waals surface area contributed by atoms with E-state index in [0.29, 0.717) is 34.2 Å². The highest BCUT2D eigenvalue weighted by molar-refractivity contribution is 5.94.